The van der Waals surface area contributed by atoms with Crippen LogP contribution in [0, 0.1) is 0 Å². The van der Waals surface area contributed by atoms with Crippen LogP contribution in [0.3, 0.4) is 0 Å². The van der Waals surface area contributed by atoms with E-state index in [0.29, 0.717) is 18.2 Å². The van der Waals surface area contributed by atoms with Crippen molar-refractivity contribution in [1.82, 2.24) is 9.88 Å². The first kappa shape index (κ1) is 26.7. The molecule has 11 heteroatoms. The lowest BCUT2D eigenvalue weighted by molar-refractivity contribution is -0.140. The van der Waals surface area contributed by atoms with Crippen molar-refractivity contribution in [2.75, 3.05) is 23.7 Å². The van der Waals surface area contributed by atoms with Crippen molar-refractivity contribution in [1.29, 1.82) is 0 Å². The van der Waals surface area contributed by atoms with Crippen LogP contribution >= 0.6 is 23.2 Å². The Bertz CT molecular complexity index is 1080. The molecular formula is C23H25Cl2F2N3O3S. The summed E-state index contributed by atoms with van der Waals surface area (Å²) in [5.74, 6) is -5.31. The molecule has 1 amide bonds. The van der Waals surface area contributed by atoms with E-state index in [2.05, 4.69) is 9.88 Å². The van der Waals surface area contributed by atoms with Crippen LogP contribution in [-0.4, -0.2) is 63.0 Å². The Morgan fingerprint density at radius 2 is 1.88 bits per heavy atom. The van der Waals surface area contributed by atoms with Gasteiger partial charge in [-0.1, -0.05) is 36.2 Å². The fraction of sp³-hybridized carbons (Fsp3) is 0.435. The molecular weight excluding hydrogens is 507 g/mol. The summed E-state index contributed by atoms with van der Waals surface area (Å²) in [5.41, 5.74) is 0.282. The van der Waals surface area contributed by atoms with Crippen LogP contribution in [0.25, 0.3) is 0 Å². The summed E-state index contributed by atoms with van der Waals surface area (Å²) in [7, 11) is 0. The van der Waals surface area contributed by atoms with E-state index in [1.807, 2.05) is 26.0 Å². The molecule has 0 bridgehead atoms. The smallest absolute Gasteiger partial charge is 0.309 e. The molecule has 1 aromatic carbocycles. The number of alkyl halides is 2. The Labute approximate surface area is 210 Å². The van der Waals surface area contributed by atoms with Gasteiger partial charge in [-0.3, -0.25) is 9.59 Å². The van der Waals surface area contributed by atoms with Gasteiger partial charge in [-0.15, -0.1) is 0 Å². The maximum atomic E-state index is 13.5. The Morgan fingerprint density at radius 3 is 2.50 bits per heavy atom. The number of piperazine rings is 1. The molecule has 0 saturated carbocycles. The molecule has 1 aromatic heterocycles. The van der Waals surface area contributed by atoms with Gasteiger partial charge in [-0.2, -0.15) is 8.78 Å². The molecule has 1 aliphatic heterocycles. The molecule has 2 aromatic rings. The average molecular weight is 532 g/mol. The number of carbonyl (C=O) groups is 2. The minimum Gasteiger partial charge on any atom is -0.611 e. The van der Waals surface area contributed by atoms with Crippen molar-refractivity contribution in [2.45, 2.75) is 50.1 Å². The highest BCUT2D eigenvalue weighted by Gasteiger charge is 2.40. The monoisotopic (exact) mass is 531 g/mol. The number of amides is 1. The molecule has 0 radical (unpaired) electrons. The number of carbonyl (C=O) groups excluding carboxylic acids is 2. The minimum absolute atomic E-state index is 0.0146. The normalized spacial score (nSPS) is 19.8. The predicted molar refractivity (Wildman–Crippen MR) is 130 cm³/mol. The number of halogens is 4. The number of Topliss-reactive ketones (excluding diaryl/α,β-unsaturated/α-hetero) is 1. The van der Waals surface area contributed by atoms with E-state index in [9.17, 15) is 22.9 Å². The first-order valence-electron chi connectivity index (χ1n) is 10.8. The molecule has 1 fully saturated rings. The molecule has 3 atom stereocenters. The van der Waals surface area contributed by atoms with Gasteiger partial charge in [0.1, 0.15) is 11.0 Å². The maximum absolute atomic E-state index is 13.5. The average Bonchev–Trinajstić information content (AvgIpc) is 2.80. The second-order valence-corrected chi connectivity index (χ2v) is 10.3. The highest BCUT2D eigenvalue weighted by molar-refractivity contribution is 7.92. The van der Waals surface area contributed by atoms with E-state index in [4.69, 9.17) is 23.2 Å². The van der Waals surface area contributed by atoms with Gasteiger partial charge in [0.05, 0.1) is 5.02 Å². The third-order valence-corrected chi connectivity index (χ3v) is 8.06. The van der Waals surface area contributed by atoms with E-state index in [1.165, 1.54) is 25.1 Å². The second kappa shape index (κ2) is 10.8. The van der Waals surface area contributed by atoms with Crippen LogP contribution in [0.5, 0.6) is 0 Å². The zero-order chi connectivity index (χ0) is 25.2. The number of hydrogen-bond acceptors (Lipinski definition) is 5. The number of anilines is 1. The third kappa shape index (κ3) is 5.64. The predicted octanol–water partition coefficient (Wildman–Crippen LogP) is 4.85. The summed E-state index contributed by atoms with van der Waals surface area (Å²) in [6.45, 7) is 6.10. The van der Waals surface area contributed by atoms with Gasteiger partial charge < -0.3 is 14.4 Å². The molecule has 1 saturated heterocycles. The molecule has 0 aliphatic carbocycles. The highest BCUT2D eigenvalue weighted by Crippen LogP contribution is 2.29. The van der Waals surface area contributed by atoms with E-state index < -0.39 is 35.1 Å². The lowest BCUT2D eigenvalue weighted by atomic mass is 10.0. The maximum Gasteiger partial charge on any atom is 0.309 e. The van der Waals surface area contributed by atoms with Gasteiger partial charge in [0.2, 0.25) is 0 Å². The van der Waals surface area contributed by atoms with Crippen LogP contribution < -0.4 is 4.90 Å². The molecule has 0 N–H and O–H groups in total. The van der Waals surface area contributed by atoms with Crippen molar-refractivity contribution < 1.29 is 22.9 Å². The number of aromatic nitrogens is 1. The lowest BCUT2D eigenvalue weighted by Crippen LogP contribution is -2.59. The Kier molecular flexibility index (Phi) is 8.44. The standard InChI is InChI=1S/C23H25Cl2F2N3O3S/c1-4-23(26,27)19(31)13-34(33)18-9-8-16(12-17(18)24)22(32)30-11-10-29(14(2)15(30)3)21-7-5-6-20(25)28-21/h5-9,12,14-15H,4,10-11,13H2,1-3H3/t14?,15-,34?/m0/s1. The van der Waals surface area contributed by atoms with E-state index >= 15 is 0 Å². The molecule has 2 unspecified atom stereocenters. The van der Waals surface area contributed by atoms with Crippen LogP contribution in [0.1, 0.15) is 37.6 Å². The highest BCUT2D eigenvalue weighted by atomic mass is 35.5. The van der Waals surface area contributed by atoms with E-state index in [0.717, 1.165) is 5.82 Å². The molecule has 34 heavy (non-hydrogen) atoms. The number of ketones is 1. The first-order chi connectivity index (χ1) is 16.0. The largest absolute Gasteiger partial charge is 0.611 e. The van der Waals surface area contributed by atoms with Gasteiger partial charge >= 0.3 is 5.92 Å². The summed E-state index contributed by atoms with van der Waals surface area (Å²) < 4.78 is 39.6. The Hall–Kier alpha value is -1.94. The molecule has 3 rings (SSSR count). The molecule has 2 heterocycles. The number of pyridine rings is 1. The van der Waals surface area contributed by atoms with E-state index in [-0.39, 0.29) is 33.5 Å². The van der Waals surface area contributed by atoms with Crippen LogP contribution in [-0.2, 0) is 16.0 Å². The Balaban J connectivity index is 1.73. The summed E-state index contributed by atoms with van der Waals surface area (Å²) in [6.07, 6.45) is -0.665. The number of benzene rings is 1. The number of rotatable bonds is 7. The van der Waals surface area contributed by atoms with Gasteiger partial charge in [0.25, 0.3) is 11.7 Å². The van der Waals surface area contributed by atoms with Gasteiger partial charge in [-0.05, 0) is 55.4 Å². The zero-order valence-electron chi connectivity index (χ0n) is 18.9. The van der Waals surface area contributed by atoms with Crippen molar-refractivity contribution in [2.24, 2.45) is 0 Å². The van der Waals surface area contributed by atoms with E-state index in [1.54, 1.807) is 11.0 Å². The second-order valence-electron chi connectivity index (χ2n) is 8.11. The fourth-order valence-corrected chi connectivity index (χ4v) is 5.49. The summed E-state index contributed by atoms with van der Waals surface area (Å²) in [5, 5.41) is 0.377. The lowest BCUT2D eigenvalue weighted by Gasteiger charge is -2.45. The fourth-order valence-electron chi connectivity index (χ4n) is 3.79. The van der Waals surface area contributed by atoms with Crippen LogP contribution in [0.15, 0.2) is 41.3 Å². The molecule has 0 spiro atoms. The number of nitrogens with zero attached hydrogens (tertiary/aromatic N) is 3. The van der Waals surface area contributed by atoms with Crippen LogP contribution in [0.4, 0.5) is 14.6 Å². The molecule has 184 valence electrons. The van der Waals surface area contributed by atoms with Gasteiger partial charge in [0, 0.05) is 37.2 Å². The Morgan fingerprint density at radius 1 is 1.18 bits per heavy atom. The molecule has 1 aliphatic rings. The minimum atomic E-state index is -3.53. The SMILES string of the molecule is CCC(F)(F)C(=O)C[S+]([O-])c1ccc(C(=O)N2CCN(c3cccc(Cl)n3)C(C)[C@@H]2C)cc1Cl. The molecule has 6 nitrogen and oxygen atoms in total. The van der Waals surface area contributed by atoms with Crippen molar-refractivity contribution in [3.63, 3.8) is 0 Å². The van der Waals surface area contributed by atoms with Gasteiger partial charge in [0.15, 0.2) is 10.6 Å². The van der Waals surface area contributed by atoms with Crippen molar-refractivity contribution in [3.8, 4) is 0 Å². The van der Waals surface area contributed by atoms with Crippen molar-refractivity contribution >= 4 is 51.9 Å². The summed E-state index contributed by atoms with van der Waals surface area (Å²) >= 11 is 10.2. The van der Waals surface area contributed by atoms with Crippen molar-refractivity contribution in [3.05, 3.63) is 52.1 Å². The first-order valence-corrected chi connectivity index (χ1v) is 12.8. The summed E-state index contributed by atoms with van der Waals surface area (Å²) in [6, 6.07) is 9.35. The topological polar surface area (TPSA) is 76.6 Å². The summed E-state index contributed by atoms with van der Waals surface area (Å²) in [4.78, 5) is 33.1. The van der Waals surface area contributed by atoms with Crippen LogP contribution in [0.2, 0.25) is 10.2 Å². The zero-order valence-corrected chi connectivity index (χ0v) is 21.3. The van der Waals surface area contributed by atoms with Gasteiger partial charge in [-0.25, -0.2) is 4.98 Å². The number of hydrogen-bond donors (Lipinski definition) is 0. The quantitative estimate of drug-likeness (QED) is 0.377. The third-order valence-electron chi connectivity index (χ3n) is 6.06.